The van der Waals surface area contributed by atoms with E-state index in [2.05, 4.69) is 10.8 Å². The van der Waals surface area contributed by atoms with E-state index < -0.39 is 0 Å². The number of hydrogen-bond donors (Lipinski definition) is 1. The summed E-state index contributed by atoms with van der Waals surface area (Å²) in [7, 11) is 0. The average Bonchev–Trinajstić information content (AvgIpc) is 1.95. The molecular weight excluding hydrogens is 112 g/mol. The van der Waals surface area contributed by atoms with Crippen LogP contribution in [-0.2, 0) is 0 Å². The van der Waals surface area contributed by atoms with Gasteiger partial charge in [-0.15, -0.1) is 6.42 Å². The number of nitrogens with one attached hydrogen (secondary N) is 1. The normalized spacial score (nSPS) is 25.0. The van der Waals surface area contributed by atoms with E-state index in [0.717, 1.165) is 32.7 Å². The lowest BCUT2D eigenvalue weighted by molar-refractivity contribution is 0.268. The largest absolute Gasteiger partial charge is 0.314 e. The van der Waals surface area contributed by atoms with E-state index >= 15 is 0 Å². The molecule has 1 fully saturated rings. The third-order valence-electron chi connectivity index (χ3n) is 1.46. The van der Waals surface area contributed by atoms with Gasteiger partial charge in [-0.05, 0) is 0 Å². The van der Waals surface area contributed by atoms with Crippen LogP contribution in [0.3, 0.4) is 0 Å². The Kier molecular flexibility index (Phi) is 2.05. The minimum Gasteiger partial charge on any atom is -0.314 e. The van der Waals surface area contributed by atoms with Gasteiger partial charge in [0.25, 0.3) is 0 Å². The number of hydrogen-bond acceptors (Lipinski definition) is 2. The molecule has 1 heterocycles. The van der Waals surface area contributed by atoms with Gasteiger partial charge in [-0.1, -0.05) is 5.92 Å². The van der Waals surface area contributed by atoms with E-state index in [4.69, 9.17) is 7.84 Å². The maximum atomic E-state index is 7.25. The van der Waals surface area contributed by atoms with Gasteiger partial charge in [-0.25, -0.2) is 0 Å². The summed E-state index contributed by atoms with van der Waals surface area (Å²) in [6.07, 6.45) is 5.14. The summed E-state index contributed by atoms with van der Waals surface area (Å²) in [5.41, 5.74) is 0. The monoisotopic (exact) mass is 125 g/mol. The van der Waals surface area contributed by atoms with Crippen LogP contribution < -0.4 is 5.31 Å². The predicted octanol–water partition coefficient (Wildman–Crippen LogP) is -0.475. The summed E-state index contributed by atoms with van der Waals surface area (Å²) in [4.78, 5) is 2.19. The molecule has 9 heavy (non-hydrogen) atoms. The Morgan fingerprint density at radius 2 is 2.33 bits per heavy atom. The van der Waals surface area contributed by atoms with Crippen molar-refractivity contribution in [3.05, 3.63) is 0 Å². The zero-order chi connectivity index (χ0) is 7.40. The highest BCUT2D eigenvalue weighted by atomic mass is 15.2. The Morgan fingerprint density at radius 1 is 1.67 bits per heavy atom. The lowest BCUT2D eigenvalue weighted by atomic mass is 10.4. The van der Waals surface area contributed by atoms with E-state index in [1.54, 1.807) is 5.31 Å². The Balaban J connectivity index is 2.21. The zero-order valence-electron chi connectivity index (χ0n) is 6.51. The fraction of sp³-hybridized carbons (Fsp3) is 0.714. The summed E-state index contributed by atoms with van der Waals surface area (Å²) >= 11 is 0. The Bertz CT molecular complexity index is 133. The first-order valence-electron chi connectivity index (χ1n) is 3.67. The van der Waals surface area contributed by atoms with Gasteiger partial charge < -0.3 is 5.31 Å². The quantitative estimate of drug-likeness (QED) is 0.476. The molecule has 1 saturated heterocycles. The molecule has 0 aromatic rings. The third-order valence-corrected chi connectivity index (χ3v) is 1.46. The molecule has 0 spiro atoms. The van der Waals surface area contributed by atoms with Crippen molar-refractivity contribution in [3.8, 4) is 12.3 Å². The third kappa shape index (κ3) is 2.05. The van der Waals surface area contributed by atoms with Crippen LogP contribution >= 0.6 is 0 Å². The van der Waals surface area contributed by atoms with Crippen molar-refractivity contribution >= 4 is 0 Å². The van der Waals surface area contributed by atoms with Crippen molar-refractivity contribution in [1.29, 1.82) is 0 Å². The fourth-order valence-electron chi connectivity index (χ4n) is 0.935. The van der Waals surface area contributed by atoms with Gasteiger partial charge in [0.1, 0.15) is 1.41 Å². The molecule has 1 N–H and O–H groups in total. The van der Waals surface area contributed by atoms with Crippen LogP contribution in [0.4, 0.5) is 0 Å². The molecule has 2 heteroatoms. The molecule has 2 nitrogen and oxygen atoms in total. The second-order valence-electron chi connectivity index (χ2n) is 2.15. The molecule has 50 valence electrons. The minimum atomic E-state index is 0.730. The van der Waals surface area contributed by atoms with Crippen LogP contribution in [0.1, 0.15) is 0 Å². The molecule has 0 aromatic carbocycles. The molecular formula is C7H12N2. The SMILES string of the molecule is [2H]N1CCN(CC#C)CC1. The highest BCUT2D eigenvalue weighted by Gasteiger charge is 2.05. The number of piperazine rings is 1. The highest BCUT2D eigenvalue weighted by Crippen LogP contribution is 1.88. The number of nitrogens with zero attached hydrogens (tertiary/aromatic N) is 1. The van der Waals surface area contributed by atoms with E-state index in [9.17, 15) is 0 Å². The van der Waals surface area contributed by atoms with E-state index in [-0.39, 0.29) is 0 Å². The van der Waals surface area contributed by atoms with Crippen LogP contribution in [0.15, 0.2) is 0 Å². The van der Waals surface area contributed by atoms with Crippen molar-refractivity contribution < 1.29 is 1.41 Å². The van der Waals surface area contributed by atoms with Crippen molar-refractivity contribution in [2.75, 3.05) is 32.7 Å². The van der Waals surface area contributed by atoms with Crippen LogP contribution in [-0.4, -0.2) is 37.6 Å². The first kappa shape index (κ1) is 5.28. The molecule has 1 rings (SSSR count). The molecule has 0 aromatic heterocycles. The van der Waals surface area contributed by atoms with Crippen LogP contribution in [0.25, 0.3) is 0 Å². The van der Waals surface area contributed by atoms with Crippen molar-refractivity contribution in [2.24, 2.45) is 0 Å². The summed E-state index contributed by atoms with van der Waals surface area (Å²) in [6.45, 7) is 4.25. The zero-order valence-corrected chi connectivity index (χ0v) is 5.51. The summed E-state index contributed by atoms with van der Waals surface area (Å²) in [6, 6.07) is 0. The van der Waals surface area contributed by atoms with Crippen molar-refractivity contribution in [2.45, 2.75) is 0 Å². The lowest BCUT2D eigenvalue weighted by Crippen LogP contribution is -2.43. The molecule has 0 amide bonds. The van der Waals surface area contributed by atoms with Gasteiger partial charge in [-0.2, -0.15) is 0 Å². The molecule has 0 unspecified atom stereocenters. The van der Waals surface area contributed by atoms with E-state index in [1.807, 2.05) is 0 Å². The summed E-state index contributed by atoms with van der Waals surface area (Å²) < 4.78 is 7.25. The smallest absolute Gasteiger partial charge is 0.122 e. The van der Waals surface area contributed by atoms with Crippen molar-refractivity contribution in [1.82, 2.24) is 10.2 Å². The second-order valence-corrected chi connectivity index (χ2v) is 2.15. The topological polar surface area (TPSA) is 15.3 Å². The van der Waals surface area contributed by atoms with Crippen LogP contribution in [0, 0.1) is 12.3 Å². The minimum absolute atomic E-state index is 0.730. The fourth-order valence-corrected chi connectivity index (χ4v) is 0.935. The Hall–Kier alpha value is -0.520. The van der Waals surface area contributed by atoms with Gasteiger partial charge in [0.15, 0.2) is 0 Å². The molecule has 0 bridgehead atoms. The van der Waals surface area contributed by atoms with Crippen LogP contribution in [0.5, 0.6) is 0 Å². The van der Waals surface area contributed by atoms with Crippen LogP contribution in [0.2, 0.25) is 1.41 Å². The van der Waals surface area contributed by atoms with Gasteiger partial charge >= 0.3 is 0 Å². The van der Waals surface area contributed by atoms with Crippen molar-refractivity contribution in [3.63, 3.8) is 0 Å². The maximum Gasteiger partial charge on any atom is 0.122 e. The summed E-state index contributed by atoms with van der Waals surface area (Å²) in [5.74, 6) is 2.60. The number of terminal acetylenes is 1. The second kappa shape index (κ2) is 3.49. The van der Waals surface area contributed by atoms with E-state index in [0.29, 0.717) is 0 Å². The van der Waals surface area contributed by atoms with E-state index in [1.165, 1.54) is 0 Å². The highest BCUT2D eigenvalue weighted by molar-refractivity contribution is 4.89. The molecule has 0 atom stereocenters. The first-order valence-corrected chi connectivity index (χ1v) is 3.22. The Morgan fingerprint density at radius 3 is 2.89 bits per heavy atom. The molecule has 0 radical (unpaired) electrons. The summed E-state index contributed by atoms with van der Waals surface area (Å²) in [5, 5.41) is 1.58. The molecule has 1 aliphatic heterocycles. The Labute approximate surface area is 57.7 Å². The lowest BCUT2D eigenvalue weighted by Gasteiger charge is -2.24. The maximum absolute atomic E-state index is 7.25. The van der Waals surface area contributed by atoms with Gasteiger partial charge in [-0.3, -0.25) is 4.90 Å². The molecule has 1 aliphatic rings. The number of rotatable bonds is 1. The first-order chi connectivity index (χ1) is 4.83. The molecule has 0 aliphatic carbocycles. The van der Waals surface area contributed by atoms with Gasteiger partial charge in [0, 0.05) is 26.2 Å². The molecule has 0 saturated carbocycles. The van der Waals surface area contributed by atoms with Gasteiger partial charge in [0.2, 0.25) is 0 Å². The van der Waals surface area contributed by atoms with Gasteiger partial charge in [0.05, 0.1) is 6.54 Å². The standard InChI is InChI=1S/C7H12N2/c1-2-5-9-6-3-8-4-7-9/h1,8H,3-7H2/i/hD. The average molecular weight is 125 g/mol. The predicted molar refractivity (Wildman–Crippen MR) is 38.1 cm³/mol.